The average Bonchev–Trinajstić information content (AvgIpc) is 2.78. The number of aromatic nitrogens is 1. The summed E-state index contributed by atoms with van der Waals surface area (Å²) in [5.74, 6) is -0.525. The number of nitrogens with zero attached hydrogens (tertiary/aromatic N) is 1. The Labute approximate surface area is 178 Å². The summed E-state index contributed by atoms with van der Waals surface area (Å²) in [7, 11) is 1.54. The van der Waals surface area contributed by atoms with E-state index in [9.17, 15) is 18.8 Å². The van der Waals surface area contributed by atoms with Crippen LogP contribution in [0.2, 0.25) is 0 Å². The summed E-state index contributed by atoms with van der Waals surface area (Å²) in [6.45, 7) is 0.157. The van der Waals surface area contributed by atoms with Gasteiger partial charge in [0.25, 0.3) is 11.5 Å². The number of ether oxygens (including phenoxy) is 1. The maximum atomic E-state index is 13.4. The molecule has 6 nitrogen and oxygen atoms in total. The molecule has 0 spiro atoms. The minimum Gasteiger partial charge on any atom is -0.496 e. The van der Waals surface area contributed by atoms with Gasteiger partial charge in [-0.25, -0.2) is 4.39 Å². The van der Waals surface area contributed by atoms with E-state index in [2.05, 4.69) is 5.32 Å². The van der Waals surface area contributed by atoms with Crippen LogP contribution in [0.5, 0.6) is 5.75 Å². The molecule has 4 rings (SSSR count). The van der Waals surface area contributed by atoms with Crippen LogP contribution in [0.25, 0.3) is 5.69 Å². The van der Waals surface area contributed by atoms with Gasteiger partial charge in [0.1, 0.15) is 17.1 Å². The van der Waals surface area contributed by atoms with Crippen LogP contribution in [-0.4, -0.2) is 23.4 Å². The second kappa shape index (κ2) is 8.55. The number of pyridine rings is 1. The van der Waals surface area contributed by atoms with Gasteiger partial charge in [0.15, 0.2) is 5.78 Å². The average molecular weight is 420 g/mol. The first-order valence-electron chi connectivity index (χ1n) is 9.97. The minimum absolute atomic E-state index is 0.115. The molecule has 31 heavy (non-hydrogen) atoms. The zero-order valence-corrected chi connectivity index (χ0v) is 17.0. The van der Waals surface area contributed by atoms with Gasteiger partial charge in [-0.2, -0.15) is 0 Å². The second-order valence-electron chi connectivity index (χ2n) is 7.31. The predicted molar refractivity (Wildman–Crippen MR) is 113 cm³/mol. The molecular formula is C24H21FN2O4. The lowest BCUT2D eigenvalue weighted by Gasteiger charge is -2.21. The van der Waals surface area contributed by atoms with Crippen LogP contribution >= 0.6 is 0 Å². The van der Waals surface area contributed by atoms with E-state index in [0.717, 1.165) is 5.56 Å². The number of carbonyl (C=O) groups is 2. The number of hydrogen-bond acceptors (Lipinski definition) is 4. The van der Waals surface area contributed by atoms with Crippen molar-refractivity contribution in [3.05, 3.63) is 93.2 Å². The number of benzene rings is 2. The molecule has 158 valence electrons. The Bertz CT molecular complexity index is 1220. The van der Waals surface area contributed by atoms with Crippen LogP contribution in [0.1, 0.15) is 44.8 Å². The fraction of sp³-hybridized carbons (Fsp3) is 0.208. The lowest BCUT2D eigenvalue weighted by atomic mass is 9.92. The number of nitrogens with one attached hydrogen (secondary N) is 1. The van der Waals surface area contributed by atoms with Crippen molar-refractivity contribution >= 4 is 11.7 Å². The molecule has 1 N–H and O–H groups in total. The van der Waals surface area contributed by atoms with Gasteiger partial charge in [-0.3, -0.25) is 19.0 Å². The van der Waals surface area contributed by atoms with Crippen LogP contribution in [0.3, 0.4) is 0 Å². The van der Waals surface area contributed by atoms with Crippen molar-refractivity contribution in [2.45, 2.75) is 25.8 Å². The van der Waals surface area contributed by atoms with Gasteiger partial charge in [-0.05, 0) is 49.2 Å². The highest BCUT2D eigenvalue weighted by atomic mass is 19.1. The summed E-state index contributed by atoms with van der Waals surface area (Å²) in [6, 6.07) is 14.0. The molecular weight excluding hydrogens is 399 g/mol. The third kappa shape index (κ3) is 3.99. The van der Waals surface area contributed by atoms with Crippen LogP contribution in [-0.2, 0) is 13.0 Å². The molecule has 0 atom stereocenters. The SMILES string of the molecule is COc1ccccc1CNC(=O)c1cc2c(n(-c3ccc(F)cc3)c1=O)CCCC2=O. The molecule has 1 aliphatic rings. The topological polar surface area (TPSA) is 77.4 Å². The maximum Gasteiger partial charge on any atom is 0.268 e. The number of ketones is 1. The number of rotatable bonds is 5. The monoisotopic (exact) mass is 420 g/mol. The Morgan fingerprint density at radius 3 is 2.58 bits per heavy atom. The number of para-hydroxylation sites is 1. The van der Waals surface area contributed by atoms with Crippen molar-refractivity contribution in [2.75, 3.05) is 7.11 Å². The van der Waals surface area contributed by atoms with E-state index in [1.807, 2.05) is 18.2 Å². The Kier molecular flexibility index (Phi) is 5.66. The normalized spacial score (nSPS) is 12.9. The number of carbonyl (C=O) groups excluding carboxylic acids is 2. The standard InChI is InChI=1S/C24H21FN2O4/c1-31-22-8-3-2-5-15(22)14-26-23(29)19-13-18-20(6-4-7-21(18)28)27(24(19)30)17-11-9-16(25)10-12-17/h2-3,5,8-13H,4,6-7,14H2,1H3,(H,26,29). The third-order valence-electron chi connectivity index (χ3n) is 5.38. The van der Waals surface area contributed by atoms with Gasteiger partial charge in [-0.15, -0.1) is 0 Å². The summed E-state index contributed by atoms with van der Waals surface area (Å²) in [6.07, 6.45) is 1.50. The number of halogens is 1. The third-order valence-corrected chi connectivity index (χ3v) is 5.38. The number of methoxy groups -OCH3 is 1. The summed E-state index contributed by atoms with van der Waals surface area (Å²) < 4.78 is 20.1. The fourth-order valence-corrected chi connectivity index (χ4v) is 3.84. The quantitative estimate of drug-likeness (QED) is 0.686. The highest BCUT2D eigenvalue weighted by Gasteiger charge is 2.26. The zero-order chi connectivity index (χ0) is 22.0. The van der Waals surface area contributed by atoms with Crippen LogP contribution in [0.15, 0.2) is 59.4 Å². The van der Waals surface area contributed by atoms with Crippen LogP contribution in [0.4, 0.5) is 4.39 Å². The molecule has 0 saturated carbocycles. The molecule has 0 radical (unpaired) electrons. The number of fused-ring (bicyclic) bond motifs is 1. The van der Waals surface area contributed by atoms with Gasteiger partial charge in [0.2, 0.25) is 0 Å². The summed E-state index contributed by atoms with van der Waals surface area (Å²) >= 11 is 0. The lowest BCUT2D eigenvalue weighted by Crippen LogP contribution is -2.36. The molecule has 0 bridgehead atoms. The zero-order valence-electron chi connectivity index (χ0n) is 17.0. The predicted octanol–water partition coefficient (Wildman–Crippen LogP) is 3.43. The Hall–Kier alpha value is -3.74. The molecule has 0 saturated heterocycles. The highest BCUT2D eigenvalue weighted by molar-refractivity contribution is 6.02. The fourth-order valence-electron chi connectivity index (χ4n) is 3.84. The molecule has 1 aliphatic carbocycles. The summed E-state index contributed by atoms with van der Waals surface area (Å²) in [4.78, 5) is 38.8. The van der Waals surface area contributed by atoms with E-state index in [-0.39, 0.29) is 17.9 Å². The first-order valence-corrected chi connectivity index (χ1v) is 9.97. The van der Waals surface area contributed by atoms with E-state index in [0.29, 0.717) is 42.0 Å². The molecule has 0 fully saturated rings. The summed E-state index contributed by atoms with van der Waals surface area (Å²) in [5.41, 5.74) is 1.40. The minimum atomic E-state index is -0.590. The van der Waals surface area contributed by atoms with Gasteiger partial charge >= 0.3 is 0 Å². The van der Waals surface area contributed by atoms with E-state index in [1.165, 1.54) is 42.0 Å². The van der Waals surface area contributed by atoms with Crippen molar-refractivity contribution in [2.24, 2.45) is 0 Å². The largest absolute Gasteiger partial charge is 0.496 e. The number of Topliss-reactive ketones (excluding diaryl/α,β-unsaturated/α-hetero) is 1. The summed E-state index contributed by atoms with van der Waals surface area (Å²) in [5, 5.41) is 2.74. The Morgan fingerprint density at radius 2 is 1.84 bits per heavy atom. The molecule has 0 unspecified atom stereocenters. The molecule has 1 aromatic heterocycles. The first-order chi connectivity index (χ1) is 15.0. The van der Waals surface area contributed by atoms with Crippen LogP contribution in [0, 0.1) is 5.82 Å². The van der Waals surface area contributed by atoms with E-state index in [1.54, 1.807) is 6.07 Å². The molecule has 1 heterocycles. The molecule has 3 aromatic rings. The molecule has 1 amide bonds. The first kappa shape index (κ1) is 20.5. The molecule has 2 aromatic carbocycles. The second-order valence-corrected chi connectivity index (χ2v) is 7.31. The van der Waals surface area contributed by atoms with E-state index < -0.39 is 17.3 Å². The Morgan fingerprint density at radius 1 is 1.10 bits per heavy atom. The van der Waals surface area contributed by atoms with E-state index in [4.69, 9.17) is 4.74 Å². The molecule has 0 aliphatic heterocycles. The van der Waals surface area contributed by atoms with Crippen molar-refractivity contribution < 1.29 is 18.7 Å². The molecule has 7 heteroatoms. The highest BCUT2D eigenvalue weighted by Crippen LogP contribution is 2.24. The van der Waals surface area contributed by atoms with Gasteiger partial charge in [-0.1, -0.05) is 18.2 Å². The van der Waals surface area contributed by atoms with Crippen LogP contribution < -0.4 is 15.6 Å². The van der Waals surface area contributed by atoms with Gasteiger partial charge in [0.05, 0.1) is 7.11 Å². The smallest absolute Gasteiger partial charge is 0.268 e. The van der Waals surface area contributed by atoms with Gasteiger partial charge in [0, 0.05) is 35.5 Å². The van der Waals surface area contributed by atoms with Gasteiger partial charge < -0.3 is 10.1 Å². The lowest BCUT2D eigenvalue weighted by molar-refractivity contribution is 0.0948. The van der Waals surface area contributed by atoms with Crippen molar-refractivity contribution in [3.63, 3.8) is 0 Å². The van der Waals surface area contributed by atoms with E-state index >= 15 is 0 Å². The van der Waals surface area contributed by atoms with Crippen molar-refractivity contribution in [1.82, 2.24) is 9.88 Å². The maximum absolute atomic E-state index is 13.4. The number of amides is 1. The van der Waals surface area contributed by atoms with Crippen molar-refractivity contribution in [1.29, 1.82) is 0 Å². The van der Waals surface area contributed by atoms with Crippen molar-refractivity contribution in [3.8, 4) is 11.4 Å². The Balaban J connectivity index is 1.75. The number of hydrogen-bond donors (Lipinski definition) is 1.